The second-order valence-electron chi connectivity index (χ2n) is 7.66. The van der Waals surface area contributed by atoms with Gasteiger partial charge in [-0.25, -0.2) is 4.68 Å². The van der Waals surface area contributed by atoms with Gasteiger partial charge in [0, 0.05) is 33.7 Å². The molecule has 1 aromatic heterocycles. The van der Waals surface area contributed by atoms with Gasteiger partial charge in [-0.1, -0.05) is 25.0 Å². The number of nitrogens with one attached hydrogen (secondary N) is 1. The van der Waals surface area contributed by atoms with E-state index in [0.29, 0.717) is 16.6 Å². The predicted molar refractivity (Wildman–Crippen MR) is 124 cm³/mol. The highest BCUT2D eigenvalue weighted by molar-refractivity contribution is 8.00. The maximum Gasteiger partial charge on any atom is 0.294 e. The molecular formula is C23H22N4O4S. The molecule has 1 heterocycles. The van der Waals surface area contributed by atoms with E-state index in [1.54, 1.807) is 31.2 Å². The number of nitro groups is 1. The lowest BCUT2D eigenvalue weighted by atomic mass is 10.2. The molecule has 1 aliphatic rings. The largest absolute Gasteiger partial charge is 0.320 e. The third-order valence-electron chi connectivity index (χ3n) is 5.35. The van der Waals surface area contributed by atoms with E-state index in [1.807, 2.05) is 23.9 Å². The fourth-order valence-corrected chi connectivity index (χ4v) is 5.00. The summed E-state index contributed by atoms with van der Waals surface area (Å²) in [6, 6.07) is 14.8. The monoisotopic (exact) mass is 450 g/mol. The van der Waals surface area contributed by atoms with Crippen LogP contribution in [0.4, 0.5) is 11.4 Å². The van der Waals surface area contributed by atoms with Crippen LogP contribution >= 0.6 is 11.8 Å². The quantitative estimate of drug-likeness (QED) is 0.429. The number of thioether (sulfide) groups is 1. The molecule has 1 saturated carbocycles. The molecule has 0 spiro atoms. The van der Waals surface area contributed by atoms with Gasteiger partial charge in [-0.05, 0) is 50.1 Å². The summed E-state index contributed by atoms with van der Waals surface area (Å²) in [7, 11) is 0. The summed E-state index contributed by atoms with van der Waals surface area (Å²) in [5, 5.41) is 18.9. The van der Waals surface area contributed by atoms with E-state index in [0.717, 1.165) is 4.90 Å². The number of aromatic nitrogens is 2. The normalized spacial score (nSPS) is 13.8. The molecule has 0 bridgehead atoms. The van der Waals surface area contributed by atoms with Crippen LogP contribution in [-0.2, 0) is 0 Å². The third kappa shape index (κ3) is 4.72. The summed E-state index contributed by atoms with van der Waals surface area (Å²) < 4.78 is 1.25. The summed E-state index contributed by atoms with van der Waals surface area (Å²) in [6.07, 6.45) is 5.01. The Bertz CT molecular complexity index is 1220. The molecule has 1 N–H and O–H groups in total. The van der Waals surface area contributed by atoms with Gasteiger partial charge < -0.3 is 5.32 Å². The first-order valence-electron chi connectivity index (χ1n) is 10.4. The van der Waals surface area contributed by atoms with Crippen LogP contribution in [0.5, 0.6) is 0 Å². The summed E-state index contributed by atoms with van der Waals surface area (Å²) in [6.45, 7) is 1.60. The Balaban J connectivity index is 1.57. The van der Waals surface area contributed by atoms with E-state index in [4.69, 9.17) is 0 Å². The van der Waals surface area contributed by atoms with E-state index < -0.39 is 16.3 Å². The van der Waals surface area contributed by atoms with E-state index >= 15 is 0 Å². The van der Waals surface area contributed by atoms with Crippen LogP contribution in [0, 0.1) is 17.0 Å². The molecule has 1 aliphatic carbocycles. The number of amides is 1. The van der Waals surface area contributed by atoms with Crippen molar-refractivity contribution in [1.82, 2.24) is 9.78 Å². The number of benzene rings is 2. The lowest BCUT2D eigenvalue weighted by molar-refractivity contribution is -0.384. The van der Waals surface area contributed by atoms with Crippen molar-refractivity contribution in [2.45, 2.75) is 42.8 Å². The molecule has 0 aliphatic heterocycles. The van der Waals surface area contributed by atoms with Crippen molar-refractivity contribution in [2.75, 3.05) is 5.32 Å². The number of anilines is 1. The summed E-state index contributed by atoms with van der Waals surface area (Å²) in [5.74, 6) is -0.668. The average Bonchev–Trinajstić information content (AvgIpc) is 3.28. The fourth-order valence-electron chi connectivity index (χ4n) is 3.75. The summed E-state index contributed by atoms with van der Waals surface area (Å²) in [5.41, 5.74) is 0.0473. The molecule has 4 rings (SSSR count). The van der Waals surface area contributed by atoms with Crippen LogP contribution in [0.3, 0.4) is 0 Å². The van der Waals surface area contributed by atoms with E-state index in [2.05, 4.69) is 10.4 Å². The molecule has 9 heteroatoms. The Hall–Kier alpha value is -3.46. The van der Waals surface area contributed by atoms with Gasteiger partial charge in [-0.3, -0.25) is 19.7 Å². The number of para-hydroxylation sites is 2. The van der Waals surface area contributed by atoms with E-state index in [1.165, 1.54) is 48.6 Å². The van der Waals surface area contributed by atoms with Gasteiger partial charge in [-0.2, -0.15) is 5.10 Å². The van der Waals surface area contributed by atoms with Gasteiger partial charge in [0.1, 0.15) is 5.69 Å². The SMILES string of the molecule is Cc1cc(=O)c(C(=O)Nc2ccc(SC3CCCC3)cc2)nn1-c1ccccc1[N+](=O)[O-]. The number of rotatable bonds is 6. The minimum atomic E-state index is -0.668. The highest BCUT2D eigenvalue weighted by Crippen LogP contribution is 2.35. The molecule has 2 aromatic carbocycles. The maximum atomic E-state index is 12.8. The topological polar surface area (TPSA) is 107 Å². The smallest absolute Gasteiger partial charge is 0.294 e. The standard InChI is InChI=1S/C23H22N4O4S/c1-15-14-21(28)22(25-26(15)19-8-4-5-9-20(19)27(30)31)23(29)24-16-10-12-18(13-11-16)32-17-6-2-3-7-17/h4-5,8-14,17H,2-3,6-7H2,1H3,(H,24,29). The maximum absolute atomic E-state index is 12.8. The van der Waals surface area contributed by atoms with Gasteiger partial charge in [0.15, 0.2) is 5.69 Å². The number of carbonyl (C=O) groups is 1. The van der Waals surface area contributed by atoms with Crippen molar-refractivity contribution in [2.24, 2.45) is 0 Å². The number of hydrogen-bond donors (Lipinski definition) is 1. The lowest BCUT2D eigenvalue weighted by Gasteiger charge is -2.12. The van der Waals surface area contributed by atoms with Gasteiger partial charge in [-0.15, -0.1) is 11.8 Å². The average molecular weight is 451 g/mol. The molecule has 8 nitrogen and oxygen atoms in total. The second kappa shape index (κ2) is 9.35. The van der Waals surface area contributed by atoms with Crippen LogP contribution in [0.2, 0.25) is 0 Å². The fraction of sp³-hybridized carbons (Fsp3) is 0.261. The Labute approximate surface area is 188 Å². The van der Waals surface area contributed by atoms with Gasteiger partial charge >= 0.3 is 0 Å². The first-order valence-corrected chi connectivity index (χ1v) is 11.2. The van der Waals surface area contributed by atoms with E-state index in [-0.39, 0.29) is 17.1 Å². The molecule has 0 radical (unpaired) electrons. The van der Waals surface area contributed by atoms with Crippen LogP contribution in [0.25, 0.3) is 5.69 Å². The molecule has 0 unspecified atom stereocenters. The minimum absolute atomic E-state index is 0.173. The molecule has 0 atom stereocenters. The van der Waals surface area contributed by atoms with Crippen molar-refractivity contribution in [3.63, 3.8) is 0 Å². The van der Waals surface area contributed by atoms with Gasteiger partial charge in [0.05, 0.1) is 4.92 Å². The van der Waals surface area contributed by atoms with Crippen molar-refractivity contribution in [1.29, 1.82) is 0 Å². The molecular weight excluding hydrogens is 428 g/mol. The van der Waals surface area contributed by atoms with Crippen LogP contribution in [-0.4, -0.2) is 25.9 Å². The highest BCUT2D eigenvalue weighted by Gasteiger charge is 2.20. The van der Waals surface area contributed by atoms with Crippen molar-refractivity contribution in [3.05, 3.63) is 86.3 Å². The molecule has 0 saturated heterocycles. The van der Waals surface area contributed by atoms with Gasteiger partial charge in [0.2, 0.25) is 5.43 Å². The Morgan fingerprint density at radius 1 is 1.16 bits per heavy atom. The number of nitrogens with zero attached hydrogens (tertiary/aromatic N) is 3. The third-order valence-corrected chi connectivity index (χ3v) is 6.70. The lowest BCUT2D eigenvalue weighted by Crippen LogP contribution is -2.27. The molecule has 1 amide bonds. The second-order valence-corrected chi connectivity index (χ2v) is 9.03. The number of nitro benzene ring substituents is 1. The summed E-state index contributed by atoms with van der Waals surface area (Å²) >= 11 is 1.85. The van der Waals surface area contributed by atoms with Crippen LogP contribution < -0.4 is 10.7 Å². The zero-order chi connectivity index (χ0) is 22.7. The highest BCUT2D eigenvalue weighted by atomic mass is 32.2. The summed E-state index contributed by atoms with van der Waals surface area (Å²) in [4.78, 5) is 37.2. The first-order chi connectivity index (χ1) is 15.4. The van der Waals surface area contributed by atoms with Crippen molar-refractivity contribution in [3.8, 4) is 5.69 Å². The van der Waals surface area contributed by atoms with Crippen LogP contribution in [0.1, 0.15) is 41.9 Å². The molecule has 3 aromatic rings. The van der Waals surface area contributed by atoms with Crippen molar-refractivity contribution >= 4 is 29.0 Å². The van der Waals surface area contributed by atoms with Crippen molar-refractivity contribution < 1.29 is 9.72 Å². The van der Waals surface area contributed by atoms with Gasteiger partial charge in [0.25, 0.3) is 11.6 Å². The zero-order valence-corrected chi connectivity index (χ0v) is 18.3. The first kappa shape index (κ1) is 21.8. The zero-order valence-electron chi connectivity index (χ0n) is 17.5. The van der Waals surface area contributed by atoms with Crippen LogP contribution in [0.15, 0.2) is 64.3 Å². The Morgan fingerprint density at radius 3 is 2.53 bits per heavy atom. The molecule has 164 valence electrons. The number of aryl methyl sites for hydroxylation is 1. The molecule has 32 heavy (non-hydrogen) atoms. The molecule has 1 fully saturated rings. The Kier molecular flexibility index (Phi) is 6.36. The predicted octanol–water partition coefficient (Wildman–Crippen LogP) is 4.74. The number of hydrogen-bond acceptors (Lipinski definition) is 6. The van der Waals surface area contributed by atoms with E-state index in [9.17, 15) is 19.7 Å². The Morgan fingerprint density at radius 2 is 1.84 bits per heavy atom. The number of carbonyl (C=O) groups excluding carboxylic acids is 1. The minimum Gasteiger partial charge on any atom is -0.320 e.